The number of nitrogens with one attached hydrogen (secondary N) is 1. The highest BCUT2D eigenvalue weighted by molar-refractivity contribution is 7.18. The monoisotopic (exact) mass is 476 g/mol. The van der Waals surface area contributed by atoms with Crippen molar-refractivity contribution in [3.63, 3.8) is 0 Å². The molecule has 4 aromatic rings. The fraction of sp³-hybridized carbons (Fsp3) is 0.333. The van der Waals surface area contributed by atoms with Gasteiger partial charge in [-0.3, -0.25) is 4.79 Å². The molecule has 0 spiro atoms. The fourth-order valence-corrected chi connectivity index (χ4v) is 5.75. The Labute approximate surface area is 202 Å². The highest BCUT2D eigenvalue weighted by atomic mass is 32.1. The van der Waals surface area contributed by atoms with Crippen LogP contribution in [0.5, 0.6) is 17.2 Å². The van der Waals surface area contributed by atoms with Gasteiger partial charge in [-0.15, -0.1) is 11.3 Å². The highest BCUT2D eigenvalue weighted by Gasteiger charge is 2.23. The summed E-state index contributed by atoms with van der Waals surface area (Å²) < 4.78 is 17.2. The number of methoxy groups -OCH3 is 1. The molecule has 5 rings (SSSR count). The van der Waals surface area contributed by atoms with E-state index in [9.17, 15) is 4.79 Å². The summed E-state index contributed by atoms with van der Waals surface area (Å²) >= 11 is 1.65. The average Bonchev–Trinajstić information content (AvgIpc) is 3.20. The number of thiophene rings is 1. The SMILES string of the molecule is COc1cc(-c2nc3sc4c(c3c(=O)[nH]2)CCC(C)C4)ccc1OCCOc1ccc(C)cc1. The van der Waals surface area contributed by atoms with Gasteiger partial charge in [0.25, 0.3) is 5.56 Å². The third-order valence-corrected chi connectivity index (χ3v) is 7.38. The molecule has 0 saturated heterocycles. The first-order chi connectivity index (χ1) is 16.5. The highest BCUT2D eigenvalue weighted by Crippen LogP contribution is 2.37. The Kier molecular flexibility index (Phi) is 6.28. The first-order valence-electron chi connectivity index (χ1n) is 11.6. The molecule has 0 saturated carbocycles. The van der Waals surface area contributed by atoms with Gasteiger partial charge in [0.05, 0.1) is 12.5 Å². The largest absolute Gasteiger partial charge is 0.493 e. The summed E-state index contributed by atoms with van der Waals surface area (Å²) in [5, 5.41) is 0.760. The Hall–Kier alpha value is -3.32. The molecule has 2 aromatic heterocycles. The molecule has 1 atom stereocenters. The smallest absolute Gasteiger partial charge is 0.260 e. The molecule has 0 bridgehead atoms. The first-order valence-corrected chi connectivity index (χ1v) is 12.4. The van der Waals surface area contributed by atoms with Gasteiger partial charge >= 0.3 is 0 Å². The van der Waals surface area contributed by atoms with Gasteiger partial charge in [-0.25, -0.2) is 4.98 Å². The van der Waals surface area contributed by atoms with E-state index in [4.69, 9.17) is 19.2 Å². The molecule has 2 heterocycles. The number of hydrogen-bond acceptors (Lipinski definition) is 6. The van der Waals surface area contributed by atoms with Crippen LogP contribution in [0.4, 0.5) is 0 Å². The number of aromatic amines is 1. The minimum absolute atomic E-state index is 0.0698. The molecule has 0 radical (unpaired) electrons. The van der Waals surface area contributed by atoms with Crippen molar-refractivity contribution < 1.29 is 14.2 Å². The van der Waals surface area contributed by atoms with Crippen LogP contribution in [0.2, 0.25) is 0 Å². The summed E-state index contributed by atoms with van der Waals surface area (Å²) in [6.45, 7) is 5.10. The van der Waals surface area contributed by atoms with Crippen LogP contribution in [-0.2, 0) is 12.8 Å². The molecule has 1 aliphatic rings. The Morgan fingerprint density at radius 3 is 2.68 bits per heavy atom. The van der Waals surface area contributed by atoms with E-state index in [1.807, 2.05) is 49.4 Å². The van der Waals surface area contributed by atoms with Crippen molar-refractivity contribution in [1.82, 2.24) is 9.97 Å². The third-order valence-electron chi connectivity index (χ3n) is 6.23. The van der Waals surface area contributed by atoms with Gasteiger partial charge in [0.2, 0.25) is 0 Å². The molecule has 0 fully saturated rings. The lowest BCUT2D eigenvalue weighted by molar-refractivity contribution is 0.211. The molecule has 2 aromatic carbocycles. The predicted octanol–water partition coefficient (Wildman–Crippen LogP) is 5.55. The van der Waals surface area contributed by atoms with Crippen molar-refractivity contribution in [3.05, 3.63) is 68.8 Å². The number of fused-ring (bicyclic) bond motifs is 3. The molecular weight excluding hydrogens is 448 g/mol. The summed E-state index contributed by atoms with van der Waals surface area (Å²) in [7, 11) is 1.60. The van der Waals surface area contributed by atoms with Crippen LogP contribution in [-0.4, -0.2) is 30.3 Å². The lowest BCUT2D eigenvalue weighted by Gasteiger charge is -2.17. The Morgan fingerprint density at radius 2 is 1.88 bits per heavy atom. The van der Waals surface area contributed by atoms with Crippen LogP contribution >= 0.6 is 11.3 Å². The fourth-order valence-electron chi connectivity index (χ4n) is 4.37. The molecule has 1 aliphatic carbocycles. The number of aromatic nitrogens is 2. The van der Waals surface area contributed by atoms with E-state index in [2.05, 4.69) is 11.9 Å². The second-order valence-electron chi connectivity index (χ2n) is 8.82. The van der Waals surface area contributed by atoms with E-state index in [1.165, 1.54) is 16.0 Å². The maximum atomic E-state index is 13.0. The Morgan fingerprint density at radius 1 is 1.09 bits per heavy atom. The van der Waals surface area contributed by atoms with Crippen LogP contribution < -0.4 is 19.8 Å². The van der Waals surface area contributed by atoms with Gasteiger partial charge in [-0.1, -0.05) is 24.6 Å². The van der Waals surface area contributed by atoms with Crippen LogP contribution in [0.3, 0.4) is 0 Å². The quantitative estimate of drug-likeness (QED) is 0.354. The van der Waals surface area contributed by atoms with Gasteiger partial charge in [0.1, 0.15) is 29.6 Å². The molecule has 0 amide bonds. The third kappa shape index (κ3) is 4.53. The van der Waals surface area contributed by atoms with E-state index in [-0.39, 0.29) is 5.56 Å². The van der Waals surface area contributed by atoms with Crippen molar-refractivity contribution in [3.8, 4) is 28.6 Å². The van der Waals surface area contributed by atoms with Crippen LogP contribution in [0.1, 0.15) is 29.3 Å². The maximum Gasteiger partial charge on any atom is 0.260 e. The van der Waals surface area contributed by atoms with Crippen LogP contribution in [0.25, 0.3) is 21.6 Å². The zero-order valence-corrected chi connectivity index (χ0v) is 20.5. The summed E-state index contributed by atoms with van der Waals surface area (Å²) in [4.78, 5) is 22.9. The molecule has 34 heavy (non-hydrogen) atoms. The van der Waals surface area contributed by atoms with Gasteiger partial charge in [0, 0.05) is 10.4 Å². The van der Waals surface area contributed by atoms with Crippen LogP contribution in [0, 0.1) is 12.8 Å². The molecule has 7 heteroatoms. The number of aryl methyl sites for hydroxylation is 2. The van der Waals surface area contributed by atoms with E-state index >= 15 is 0 Å². The Bertz CT molecular complexity index is 1370. The number of H-pyrrole nitrogens is 1. The van der Waals surface area contributed by atoms with E-state index in [0.29, 0.717) is 36.5 Å². The van der Waals surface area contributed by atoms with Gasteiger partial charge in [-0.2, -0.15) is 0 Å². The lowest BCUT2D eigenvalue weighted by Crippen LogP contribution is -2.13. The van der Waals surface area contributed by atoms with E-state index < -0.39 is 0 Å². The zero-order chi connectivity index (χ0) is 23.7. The molecule has 1 N–H and O–H groups in total. The summed E-state index contributed by atoms with van der Waals surface area (Å²) in [6, 6.07) is 13.5. The van der Waals surface area contributed by atoms with E-state index in [0.717, 1.165) is 40.8 Å². The van der Waals surface area contributed by atoms with Crippen molar-refractivity contribution in [2.45, 2.75) is 33.1 Å². The van der Waals surface area contributed by atoms with Gasteiger partial charge in [-0.05, 0) is 68.0 Å². The molecule has 176 valence electrons. The summed E-state index contributed by atoms with van der Waals surface area (Å²) in [5.74, 6) is 3.19. The number of ether oxygens (including phenoxy) is 3. The zero-order valence-electron chi connectivity index (χ0n) is 19.6. The summed E-state index contributed by atoms with van der Waals surface area (Å²) in [5.41, 5.74) is 3.09. The number of benzene rings is 2. The second-order valence-corrected chi connectivity index (χ2v) is 9.91. The van der Waals surface area contributed by atoms with Crippen molar-refractivity contribution >= 4 is 21.6 Å². The van der Waals surface area contributed by atoms with Crippen molar-refractivity contribution in [1.29, 1.82) is 0 Å². The van der Waals surface area contributed by atoms with Crippen molar-refractivity contribution in [2.75, 3.05) is 20.3 Å². The lowest BCUT2D eigenvalue weighted by atomic mass is 9.89. The average molecular weight is 477 g/mol. The molecule has 0 aliphatic heterocycles. The second kappa shape index (κ2) is 9.50. The molecular formula is C27H28N2O4S. The Balaban J connectivity index is 1.33. The van der Waals surface area contributed by atoms with Gasteiger partial charge < -0.3 is 19.2 Å². The van der Waals surface area contributed by atoms with Crippen molar-refractivity contribution in [2.24, 2.45) is 5.92 Å². The number of rotatable bonds is 7. The molecule has 1 unspecified atom stereocenters. The minimum atomic E-state index is -0.0698. The van der Waals surface area contributed by atoms with E-state index in [1.54, 1.807) is 18.4 Å². The minimum Gasteiger partial charge on any atom is -0.493 e. The van der Waals surface area contributed by atoms with Gasteiger partial charge in [0.15, 0.2) is 11.5 Å². The summed E-state index contributed by atoms with van der Waals surface area (Å²) in [6.07, 6.45) is 3.10. The van der Waals surface area contributed by atoms with Crippen LogP contribution in [0.15, 0.2) is 47.3 Å². The number of nitrogens with zero attached hydrogens (tertiary/aromatic N) is 1. The molecule has 6 nitrogen and oxygen atoms in total. The maximum absolute atomic E-state index is 13.0. The predicted molar refractivity (Wildman–Crippen MR) is 136 cm³/mol. The number of hydrogen-bond donors (Lipinski definition) is 1. The normalized spacial score (nSPS) is 15.2. The first kappa shape index (κ1) is 22.5. The topological polar surface area (TPSA) is 73.4 Å². The standard InChI is InChI=1S/C27H28N2O4S/c1-16-4-8-19(9-5-16)32-12-13-33-21-11-7-18(15-22(21)31-3)25-28-26(30)24-20-10-6-17(2)14-23(20)34-27(24)29-25/h4-5,7-9,11,15,17H,6,10,12-14H2,1-3H3,(H,28,29,30).